The molecule has 0 aliphatic rings. The summed E-state index contributed by atoms with van der Waals surface area (Å²) in [7, 11) is 0. The lowest BCUT2D eigenvalue weighted by Crippen LogP contribution is -1.91. The number of rotatable bonds is 2. The number of halogens is 3. The van der Waals surface area contributed by atoms with Crippen LogP contribution in [0.5, 0.6) is 0 Å². The highest BCUT2D eigenvalue weighted by Crippen LogP contribution is 2.32. The largest absolute Gasteiger partial charge is 0.254 e. The molecule has 8 heteroatoms. The lowest BCUT2D eigenvalue weighted by atomic mass is 10.3. The fraction of sp³-hybridized carbons (Fsp3) is 0. The summed E-state index contributed by atoms with van der Waals surface area (Å²) in [6.07, 6.45) is 2.91. The minimum Gasteiger partial charge on any atom is -0.254 e. The van der Waals surface area contributed by atoms with Gasteiger partial charge in [0.1, 0.15) is 16.6 Å². The Morgan fingerprint density at radius 1 is 1.05 bits per heavy atom. The van der Waals surface area contributed by atoms with Crippen molar-refractivity contribution in [3.8, 4) is 11.4 Å². The van der Waals surface area contributed by atoms with Crippen LogP contribution in [0.3, 0.4) is 0 Å². The molecule has 3 heterocycles. The van der Waals surface area contributed by atoms with Crippen molar-refractivity contribution in [1.29, 1.82) is 0 Å². The molecule has 0 bridgehead atoms. The van der Waals surface area contributed by atoms with E-state index in [9.17, 15) is 3.89 Å². The highest BCUT2D eigenvalue weighted by atomic mass is 35.5. The topological polar surface area (TPSA) is 43.6 Å². The normalized spacial score (nSPS) is 11.1. The molecule has 0 saturated carbocycles. The third kappa shape index (κ3) is 2.27. The molecule has 3 aromatic heterocycles. The molecule has 0 aliphatic heterocycles. The minimum absolute atomic E-state index is 0.0677. The molecule has 0 amide bonds. The van der Waals surface area contributed by atoms with Gasteiger partial charge in [-0.3, -0.25) is 3.97 Å². The maximum Gasteiger partial charge on any atom is 0.170 e. The van der Waals surface area contributed by atoms with Crippen molar-refractivity contribution in [2.24, 2.45) is 0 Å². The van der Waals surface area contributed by atoms with Crippen LogP contribution in [0, 0.1) is 0 Å². The Balaban J connectivity index is 2.29. The van der Waals surface area contributed by atoms with Gasteiger partial charge in [0, 0.05) is 23.7 Å². The van der Waals surface area contributed by atoms with Gasteiger partial charge in [0.25, 0.3) is 0 Å². The molecule has 0 aromatic carbocycles. The predicted molar refractivity (Wildman–Crippen MR) is 74.9 cm³/mol. The van der Waals surface area contributed by atoms with Crippen molar-refractivity contribution in [3.63, 3.8) is 0 Å². The van der Waals surface area contributed by atoms with Crippen LogP contribution < -0.4 is 0 Å². The Hall–Kier alpha value is -1.37. The van der Waals surface area contributed by atoms with Gasteiger partial charge in [-0.2, -0.15) is 0 Å². The van der Waals surface area contributed by atoms with Crippen molar-refractivity contribution in [3.05, 3.63) is 41.0 Å². The zero-order valence-electron chi connectivity index (χ0n) is 9.22. The van der Waals surface area contributed by atoms with Crippen LogP contribution >= 0.6 is 35.5 Å². The molecule has 4 nitrogen and oxygen atoms in total. The second-order valence-corrected chi connectivity index (χ2v) is 4.96. The Bertz CT molecular complexity index is 762. The molecule has 0 spiro atoms. The van der Waals surface area contributed by atoms with Crippen LogP contribution in [0.25, 0.3) is 22.3 Å². The molecule has 3 aromatic rings. The summed E-state index contributed by atoms with van der Waals surface area (Å²) in [6.45, 7) is 0. The van der Waals surface area contributed by atoms with Crippen molar-refractivity contribution in [1.82, 2.24) is 18.9 Å². The Morgan fingerprint density at radius 3 is 2.58 bits per heavy atom. The molecule has 0 N–H and O–H groups in total. The molecule has 96 valence electrons. The number of hydrogen-bond donors (Lipinski definition) is 0. The van der Waals surface area contributed by atoms with Crippen LogP contribution in [-0.2, 0) is 0 Å². The van der Waals surface area contributed by atoms with Gasteiger partial charge in [-0.1, -0.05) is 23.2 Å². The summed E-state index contributed by atoms with van der Waals surface area (Å²) in [4.78, 5) is 11.9. The average Bonchev–Trinajstić information content (AvgIpc) is 2.76. The smallest absolute Gasteiger partial charge is 0.170 e. The molecule has 0 radical (unpaired) electrons. The van der Waals surface area contributed by atoms with Gasteiger partial charge in [0.05, 0.1) is 16.9 Å². The Labute approximate surface area is 122 Å². The van der Waals surface area contributed by atoms with Crippen molar-refractivity contribution < 1.29 is 3.89 Å². The Morgan fingerprint density at radius 2 is 1.84 bits per heavy atom. The first kappa shape index (κ1) is 12.7. The first-order valence-corrected chi connectivity index (χ1v) is 6.56. The van der Waals surface area contributed by atoms with E-state index in [1.807, 2.05) is 0 Å². The highest BCUT2D eigenvalue weighted by molar-refractivity contribution is 7.93. The molecular weight excluding hydrogens is 310 g/mol. The van der Waals surface area contributed by atoms with E-state index < -0.39 is 0 Å². The molecule has 0 unspecified atom stereocenters. The van der Waals surface area contributed by atoms with Crippen LogP contribution in [0.1, 0.15) is 0 Å². The molecule has 0 fully saturated rings. The zero-order valence-corrected chi connectivity index (χ0v) is 11.5. The van der Waals surface area contributed by atoms with Gasteiger partial charge in [-0.05, 0) is 6.07 Å². The molecule has 0 saturated heterocycles. The van der Waals surface area contributed by atoms with E-state index in [0.717, 1.165) is 5.39 Å². The maximum absolute atomic E-state index is 13.2. The summed E-state index contributed by atoms with van der Waals surface area (Å²) >= 11 is 11.7. The van der Waals surface area contributed by atoms with Crippen LogP contribution in [0.15, 0.2) is 30.7 Å². The van der Waals surface area contributed by atoms with E-state index in [4.69, 9.17) is 23.2 Å². The monoisotopic (exact) mass is 314 g/mol. The van der Waals surface area contributed by atoms with Crippen LogP contribution in [-0.4, -0.2) is 18.9 Å². The van der Waals surface area contributed by atoms with Gasteiger partial charge in [-0.15, -0.1) is 3.89 Å². The molecule has 0 atom stereocenters. The quantitative estimate of drug-likeness (QED) is 0.525. The summed E-state index contributed by atoms with van der Waals surface area (Å²) in [5.74, 6) is 0. The summed E-state index contributed by atoms with van der Waals surface area (Å²) in [5.41, 5.74) is 1.71. The van der Waals surface area contributed by atoms with Crippen molar-refractivity contribution in [2.45, 2.75) is 0 Å². The number of pyridine rings is 1. The van der Waals surface area contributed by atoms with Gasteiger partial charge in [0.2, 0.25) is 0 Å². The number of fused-ring (bicyclic) bond motifs is 1. The highest BCUT2D eigenvalue weighted by Gasteiger charge is 2.14. The fourth-order valence-electron chi connectivity index (χ4n) is 1.78. The number of hydrogen-bond acceptors (Lipinski definition) is 4. The summed E-state index contributed by atoms with van der Waals surface area (Å²) in [6, 6.07) is 4.93. The first-order valence-electron chi connectivity index (χ1n) is 5.13. The second-order valence-electron chi connectivity index (χ2n) is 3.68. The minimum atomic E-state index is 0.0677. The molecular formula is C11H5Cl2FN4S. The van der Waals surface area contributed by atoms with Crippen LogP contribution in [0.4, 0.5) is 3.89 Å². The SMILES string of the molecule is FSn1c(-c2cc(Cl)ncn2)cc2cnc(Cl)cc21. The Kier molecular flexibility index (Phi) is 3.30. The first-order chi connectivity index (χ1) is 9.19. The second kappa shape index (κ2) is 4.96. The predicted octanol–water partition coefficient (Wildman–Crippen LogP) is 4.18. The lowest BCUT2D eigenvalue weighted by molar-refractivity contribution is 0.921. The molecule has 0 aliphatic carbocycles. The van der Waals surface area contributed by atoms with Crippen molar-refractivity contribution >= 4 is 46.4 Å². The summed E-state index contributed by atoms with van der Waals surface area (Å²) < 4.78 is 14.6. The van der Waals surface area contributed by atoms with E-state index in [-0.39, 0.29) is 12.3 Å². The number of aromatic nitrogens is 4. The summed E-state index contributed by atoms with van der Waals surface area (Å²) in [5, 5.41) is 1.36. The fourth-order valence-corrected chi connectivity index (χ4v) is 2.53. The third-order valence-electron chi connectivity index (χ3n) is 2.57. The van der Waals surface area contributed by atoms with Gasteiger partial charge >= 0.3 is 0 Å². The van der Waals surface area contributed by atoms with Gasteiger partial charge in [-0.25, -0.2) is 15.0 Å². The van der Waals surface area contributed by atoms with Crippen molar-refractivity contribution in [2.75, 3.05) is 0 Å². The van der Waals surface area contributed by atoms with Gasteiger partial charge in [0.15, 0.2) is 12.3 Å². The van der Waals surface area contributed by atoms with Crippen LogP contribution in [0.2, 0.25) is 10.3 Å². The number of nitrogens with zero attached hydrogens (tertiary/aromatic N) is 4. The molecule has 19 heavy (non-hydrogen) atoms. The standard InChI is InChI=1S/C11H5Cl2FN4S/c12-10-2-7(16-5-17-10)9-1-6-4-15-11(13)3-8(6)18(9)19-14/h1-5H. The van der Waals surface area contributed by atoms with Gasteiger partial charge < -0.3 is 0 Å². The van der Waals surface area contributed by atoms with E-state index in [2.05, 4.69) is 15.0 Å². The van der Waals surface area contributed by atoms with E-state index >= 15 is 0 Å². The average molecular weight is 315 g/mol. The third-order valence-corrected chi connectivity index (χ3v) is 3.52. The molecule has 3 rings (SSSR count). The van der Waals surface area contributed by atoms with E-state index in [1.165, 1.54) is 10.3 Å². The van der Waals surface area contributed by atoms with E-state index in [0.29, 0.717) is 27.2 Å². The lowest BCUT2D eigenvalue weighted by Gasteiger charge is -2.03. The maximum atomic E-state index is 13.2. The van der Waals surface area contributed by atoms with E-state index in [1.54, 1.807) is 24.4 Å². The zero-order chi connectivity index (χ0) is 13.4.